The first kappa shape index (κ1) is 10.6. The Bertz CT molecular complexity index is 740. The van der Waals surface area contributed by atoms with Crippen LogP contribution < -0.4 is 4.90 Å². The number of anilines is 2. The highest BCUT2D eigenvalue weighted by Gasteiger charge is 2.20. The van der Waals surface area contributed by atoms with E-state index < -0.39 is 0 Å². The van der Waals surface area contributed by atoms with E-state index in [2.05, 4.69) is 71.6 Å². The van der Waals surface area contributed by atoms with Crippen LogP contribution in [-0.2, 0) is 6.42 Å². The fourth-order valence-corrected chi connectivity index (χ4v) is 3.03. The second-order valence-electron chi connectivity index (χ2n) is 5.03. The van der Waals surface area contributed by atoms with Crippen LogP contribution in [-0.4, -0.2) is 6.54 Å². The monoisotopic (exact) mass is 245 g/mol. The molecule has 0 fully saturated rings. The van der Waals surface area contributed by atoms with Gasteiger partial charge in [-0.3, -0.25) is 0 Å². The molecule has 3 aromatic rings. The molecule has 0 radical (unpaired) electrons. The summed E-state index contributed by atoms with van der Waals surface area (Å²) in [4.78, 5) is 2.44. The minimum atomic E-state index is 1.08. The number of nitrogens with zero attached hydrogens (tertiary/aromatic N) is 1. The first-order valence-corrected chi connectivity index (χ1v) is 6.77. The van der Waals surface area contributed by atoms with E-state index >= 15 is 0 Å². The molecule has 0 atom stereocenters. The van der Waals surface area contributed by atoms with Gasteiger partial charge in [-0.15, -0.1) is 0 Å². The average molecular weight is 245 g/mol. The number of benzene rings is 3. The van der Waals surface area contributed by atoms with Crippen LogP contribution in [0.1, 0.15) is 5.56 Å². The van der Waals surface area contributed by atoms with E-state index in [0.29, 0.717) is 0 Å². The normalized spacial score (nSPS) is 13.8. The van der Waals surface area contributed by atoms with Crippen molar-refractivity contribution in [3.05, 3.63) is 72.3 Å². The van der Waals surface area contributed by atoms with Crippen molar-refractivity contribution in [3.63, 3.8) is 0 Å². The Labute approximate surface area is 113 Å². The summed E-state index contributed by atoms with van der Waals surface area (Å²) in [5, 5.41) is 2.64. The summed E-state index contributed by atoms with van der Waals surface area (Å²) in [7, 11) is 0. The molecule has 1 nitrogen and oxygen atoms in total. The molecule has 1 aliphatic rings. The minimum absolute atomic E-state index is 1.08. The Hall–Kier alpha value is -2.28. The van der Waals surface area contributed by atoms with Crippen LogP contribution in [0.2, 0.25) is 0 Å². The Morgan fingerprint density at radius 2 is 1.42 bits per heavy atom. The lowest BCUT2D eigenvalue weighted by atomic mass is 10.1. The molecule has 1 heterocycles. The van der Waals surface area contributed by atoms with Crippen molar-refractivity contribution in [1.29, 1.82) is 0 Å². The number of fused-ring (bicyclic) bond motifs is 2. The van der Waals surface area contributed by atoms with Gasteiger partial charge >= 0.3 is 0 Å². The van der Waals surface area contributed by atoms with Crippen LogP contribution in [0.25, 0.3) is 10.8 Å². The van der Waals surface area contributed by atoms with Gasteiger partial charge in [0.05, 0.1) is 0 Å². The highest BCUT2D eigenvalue weighted by atomic mass is 15.2. The highest BCUT2D eigenvalue weighted by Crippen LogP contribution is 2.37. The van der Waals surface area contributed by atoms with E-state index in [4.69, 9.17) is 0 Å². The van der Waals surface area contributed by atoms with Crippen molar-refractivity contribution in [1.82, 2.24) is 0 Å². The van der Waals surface area contributed by atoms with Gasteiger partial charge in [-0.25, -0.2) is 0 Å². The first-order chi connectivity index (χ1) is 9.43. The molecule has 0 N–H and O–H groups in total. The minimum Gasteiger partial charge on any atom is -0.340 e. The van der Waals surface area contributed by atoms with E-state index in [1.807, 2.05) is 0 Å². The maximum atomic E-state index is 2.44. The molecule has 1 aliphatic heterocycles. The largest absolute Gasteiger partial charge is 0.340 e. The van der Waals surface area contributed by atoms with Crippen LogP contribution in [0.15, 0.2) is 66.7 Å². The van der Waals surface area contributed by atoms with E-state index in [0.717, 1.165) is 13.0 Å². The smallest absolute Gasteiger partial charge is 0.0490 e. The molecule has 1 heteroatoms. The molecule has 0 amide bonds. The molecule has 92 valence electrons. The zero-order valence-electron chi connectivity index (χ0n) is 10.7. The topological polar surface area (TPSA) is 3.24 Å². The highest BCUT2D eigenvalue weighted by molar-refractivity contribution is 5.96. The summed E-state index contributed by atoms with van der Waals surface area (Å²) in [6.45, 7) is 1.08. The van der Waals surface area contributed by atoms with Gasteiger partial charge < -0.3 is 4.90 Å². The van der Waals surface area contributed by atoms with Crippen LogP contribution in [0, 0.1) is 0 Å². The summed E-state index contributed by atoms with van der Waals surface area (Å²) in [5.74, 6) is 0. The number of rotatable bonds is 1. The first-order valence-electron chi connectivity index (χ1n) is 6.77. The van der Waals surface area contributed by atoms with Gasteiger partial charge in [0.2, 0.25) is 0 Å². The molecule has 3 aromatic carbocycles. The van der Waals surface area contributed by atoms with Crippen LogP contribution in [0.4, 0.5) is 11.4 Å². The maximum Gasteiger partial charge on any atom is 0.0490 e. The predicted molar refractivity (Wildman–Crippen MR) is 81.1 cm³/mol. The molecule has 0 bridgehead atoms. The second kappa shape index (κ2) is 4.13. The maximum absolute atomic E-state index is 2.44. The summed E-state index contributed by atoms with van der Waals surface area (Å²) in [5.41, 5.74) is 4.14. The molecule has 19 heavy (non-hydrogen) atoms. The third-order valence-electron chi connectivity index (χ3n) is 3.94. The lowest BCUT2D eigenvalue weighted by molar-refractivity contribution is 1.00. The molecule has 0 saturated heterocycles. The van der Waals surface area contributed by atoms with Gasteiger partial charge in [-0.05, 0) is 29.5 Å². The Morgan fingerprint density at radius 3 is 2.42 bits per heavy atom. The summed E-state index contributed by atoms with van der Waals surface area (Å²) in [6, 6.07) is 23.9. The lowest BCUT2D eigenvalue weighted by Crippen LogP contribution is -2.13. The molecule has 0 saturated carbocycles. The number of hydrogen-bond donors (Lipinski definition) is 0. The van der Waals surface area contributed by atoms with Gasteiger partial charge in [-0.1, -0.05) is 54.6 Å². The van der Waals surface area contributed by atoms with Crippen LogP contribution >= 0.6 is 0 Å². The Balaban J connectivity index is 1.93. The van der Waals surface area contributed by atoms with E-state index in [9.17, 15) is 0 Å². The summed E-state index contributed by atoms with van der Waals surface area (Å²) in [6.07, 6.45) is 1.14. The molecular weight excluding hydrogens is 230 g/mol. The third-order valence-corrected chi connectivity index (χ3v) is 3.94. The summed E-state index contributed by atoms with van der Waals surface area (Å²) >= 11 is 0. The fourth-order valence-electron chi connectivity index (χ4n) is 3.03. The Kier molecular flexibility index (Phi) is 2.31. The molecule has 0 aromatic heterocycles. The van der Waals surface area contributed by atoms with Crippen LogP contribution in [0.5, 0.6) is 0 Å². The quantitative estimate of drug-likeness (QED) is 0.608. The van der Waals surface area contributed by atoms with Crippen molar-refractivity contribution in [2.24, 2.45) is 0 Å². The average Bonchev–Trinajstić information content (AvgIpc) is 2.90. The second-order valence-corrected chi connectivity index (χ2v) is 5.03. The lowest BCUT2D eigenvalue weighted by Gasteiger charge is -2.21. The van der Waals surface area contributed by atoms with Crippen LogP contribution in [0.3, 0.4) is 0 Å². The van der Waals surface area contributed by atoms with Crippen molar-refractivity contribution < 1.29 is 0 Å². The molecule has 0 aliphatic carbocycles. The van der Waals surface area contributed by atoms with Gasteiger partial charge in [-0.2, -0.15) is 0 Å². The van der Waals surface area contributed by atoms with Gasteiger partial charge in [0.15, 0.2) is 0 Å². The SMILES string of the molecule is c1ccc2c(c1)CCN2c1cccc2ccccc12. The zero-order valence-corrected chi connectivity index (χ0v) is 10.7. The number of para-hydroxylation sites is 1. The molecule has 0 spiro atoms. The molecule has 0 unspecified atom stereocenters. The van der Waals surface area contributed by atoms with E-state index in [1.54, 1.807) is 0 Å². The van der Waals surface area contributed by atoms with Crippen molar-refractivity contribution >= 4 is 22.1 Å². The van der Waals surface area contributed by atoms with Crippen molar-refractivity contribution in [3.8, 4) is 0 Å². The fraction of sp³-hybridized carbons (Fsp3) is 0.111. The molecule has 4 rings (SSSR count). The van der Waals surface area contributed by atoms with Crippen molar-refractivity contribution in [2.45, 2.75) is 6.42 Å². The van der Waals surface area contributed by atoms with E-state index in [1.165, 1.54) is 27.7 Å². The van der Waals surface area contributed by atoms with Gasteiger partial charge in [0, 0.05) is 23.3 Å². The Morgan fingerprint density at radius 1 is 0.684 bits per heavy atom. The molecular formula is C18H15N. The summed E-state index contributed by atoms with van der Waals surface area (Å²) < 4.78 is 0. The standard InChI is InChI=1S/C18H15N/c1-3-9-16-14(6-1)8-5-11-18(16)19-13-12-15-7-2-4-10-17(15)19/h1-11H,12-13H2. The number of hydrogen-bond acceptors (Lipinski definition) is 1. The van der Waals surface area contributed by atoms with Gasteiger partial charge in [0.1, 0.15) is 0 Å². The zero-order chi connectivity index (χ0) is 12.7. The predicted octanol–water partition coefficient (Wildman–Crippen LogP) is 4.53. The van der Waals surface area contributed by atoms with Crippen molar-refractivity contribution in [2.75, 3.05) is 11.4 Å². The van der Waals surface area contributed by atoms with Gasteiger partial charge in [0.25, 0.3) is 0 Å². The van der Waals surface area contributed by atoms with E-state index in [-0.39, 0.29) is 0 Å². The third kappa shape index (κ3) is 1.62.